The normalized spacial score (nSPS) is 10.7. The van der Waals surface area contributed by atoms with Crippen LogP contribution in [0.2, 0.25) is 10.0 Å². The lowest BCUT2D eigenvalue weighted by Crippen LogP contribution is -2.02. The van der Waals surface area contributed by atoms with Gasteiger partial charge in [0.25, 0.3) is 0 Å². The highest BCUT2D eigenvalue weighted by molar-refractivity contribution is 6.33. The maximum atomic E-state index is 6.07. The zero-order valence-corrected chi connectivity index (χ0v) is 10.1. The molecular formula is C10H10Cl2N4. The van der Waals surface area contributed by atoms with Crippen molar-refractivity contribution in [1.82, 2.24) is 14.8 Å². The number of hydrogen-bond acceptors (Lipinski definition) is 3. The molecule has 0 atom stereocenters. The van der Waals surface area contributed by atoms with Crippen LogP contribution in [0.25, 0.3) is 11.3 Å². The fourth-order valence-corrected chi connectivity index (χ4v) is 1.91. The van der Waals surface area contributed by atoms with Gasteiger partial charge in [-0.15, -0.1) is 0 Å². The highest BCUT2D eigenvalue weighted by atomic mass is 35.5. The molecular weight excluding hydrogens is 247 g/mol. The lowest BCUT2D eigenvalue weighted by molar-refractivity contribution is 0.667. The molecule has 16 heavy (non-hydrogen) atoms. The zero-order valence-electron chi connectivity index (χ0n) is 8.61. The van der Waals surface area contributed by atoms with E-state index in [-0.39, 0.29) is 0 Å². The molecule has 2 N–H and O–H groups in total. The third-order valence-corrected chi connectivity index (χ3v) is 2.72. The molecule has 84 valence electrons. The molecule has 0 unspecified atom stereocenters. The number of nitrogens with zero attached hydrogens (tertiary/aromatic N) is 3. The van der Waals surface area contributed by atoms with E-state index in [1.54, 1.807) is 16.9 Å². The molecule has 4 nitrogen and oxygen atoms in total. The van der Waals surface area contributed by atoms with Gasteiger partial charge in [-0.3, -0.25) is 4.68 Å². The smallest absolute Gasteiger partial charge is 0.132 e. The SMILES string of the molecule is CCn1ncc(Cl)c1-c1cc(Cl)cnc1N. The number of nitrogens with two attached hydrogens (primary N) is 1. The molecule has 0 aliphatic carbocycles. The summed E-state index contributed by atoms with van der Waals surface area (Å²) in [5.41, 5.74) is 7.26. The summed E-state index contributed by atoms with van der Waals surface area (Å²) in [6.45, 7) is 2.68. The molecule has 0 aliphatic rings. The van der Waals surface area contributed by atoms with Crippen molar-refractivity contribution in [3.8, 4) is 11.3 Å². The second-order valence-electron chi connectivity index (χ2n) is 3.24. The molecule has 0 saturated heterocycles. The van der Waals surface area contributed by atoms with Gasteiger partial charge in [0.15, 0.2) is 0 Å². The number of halogens is 2. The fraction of sp³-hybridized carbons (Fsp3) is 0.200. The van der Waals surface area contributed by atoms with Gasteiger partial charge in [0.05, 0.1) is 21.9 Å². The van der Waals surface area contributed by atoms with Crippen molar-refractivity contribution in [3.63, 3.8) is 0 Å². The second-order valence-corrected chi connectivity index (χ2v) is 4.09. The van der Waals surface area contributed by atoms with E-state index < -0.39 is 0 Å². The molecule has 2 aromatic heterocycles. The quantitative estimate of drug-likeness (QED) is 0.899. The van der Waals surface area contributed by atoms with E-state index in [1.165, 1.54) is 6.20 Å². The summed E-state index contributed by atoms with van der Waals surface area (Å²) in [6, 6.07) is 1.74. The molecule has 2 rings (SSSR count). The Balaban J connectivity index is 2.66. The van der Waals surface area contributed by atoms with Crippen LogP contribution in [0.1, 0.15) is 6.92 Å². The van der Waals surface area contributed by atoms with Gasteiger partial charge in [0, 0.05) is 18.3 Å². The van der Waals surface area contributed by atoms with E-state index >= 15 is 0 Å². The molecule has 6 heteroatoms. The maximum absolute atomic E-state index is 6.07. The van der Waals surface area contributed by atoms with E-state index in [0.29, 0.717) is 28.0 Å². The van der Waals surface area contributed by atoms with Gasteiger partial charge in [0.1, 0.15) is 5.82 Å². The number of aryl methyl sites for hydroxylation is 1. The number of aromatic nitrogens is 3. The van der Waals surface area contributed by atoms with Crippen molar-refractivity contribution in [1.29, 1.82) is 0 Å². The Morgan fingerprint density at radius 1 is 1.38 bits per heavy atom. The Hall–Kier alpha value is -1.26. The third-order valence-electron chi connectivity index (χ3n) is 2.23. The van der Waals surface area contributed by atoms with Crippen molar-refractivity contribution in [2.24, 2.45) is 0 Å². The molecule has 0 aromatic carbocycles. The van der Waals surface area contributed by atoms with Crippen LogP contribution in [0, 0.1) is 0 Å². The predicted molar refractivity (Wildman–Crippen MR) is 65.6 cm³/mol. The van der Waals surface area contributed by atoms with Gasteiger partial charge in [-0.25, -0.2) is 4.98 Å². The predicted octanol–water partition coefficient (Wildman–Crippen LogP) is 2.85. The molecule has 2 heterocycles. The van der Waals surface area contributed by atoms with Gasteiger partial charge in [-0.2, -0.15) is 5.10 Å². The van der Waals surface area contributed by atoms with Crippen LogP contribution in [-0.2, 0) is 6.54 Å². The van der Waals surface area contributed by atoms with Gasteiger partial charge in [0.2, 0.25) is 0 Å². The number of rotatable bonds is 2. The molecule has 2 aromatic rings. The third kappa shape index (κ3) is 1.86. The second kappa shape index (κ2) is 4.31. The summed E-state index contributed by atoms with van der Waals surface area (Å²) in [7, 11) is 0. The Kier molecular flexibility index (Phi) is 3.03. The lowest BCUT2D eigenvalue weighted by atomic mass is 10.2. The summed E-state index contributed by atoms with van der Waals surface area (Å²) < 4.78 is 1.76. The maximum Gasteiger partial charge on any atom is 0.132 e. The first kappa shape index (κ1) is 11.2. The topological polar surface area (TPSA) is 56.7 Å². The average molecular weight is 257 g/mol. The van der Waals surface area contributed by atoms with Gasteiger partial charge in [-0.05, 0) is 13.0 Å². The van der Waals surface area contributed by atoms with E-state index in [1.807, 2.05) is 6.92 Å². The molecule has 0 bridgehead atoms. The first-order valence-electron chi connectivity index (χ1n) is 4.76. The van der Waals surface area contributed by atoms with E-state index in [2.05, 4.69) is 10.1 Å². The highest BCUT2D eigenvalue weighted by Crippen LogP contribution is 2.32. The van der Waals surface area contributed by atoms with Crippen molar-refractivity contribution in [3.05, 3.63) is 28.5 Å². The average Bonchev–Trinajstić information content (AvgIpc) is 2.63. The molecule has 0 aliphatic heterocycles. The Morgan fingerprint density at radius 2 is 2.12 bits per heavy atom. The fourth-order valence-electron chi connectivity index (χ4n) is 1.51. The Bertz CT molecular complexity index is 522. The van der Waals surface area contributed by atoms with Crippen molar-refractivity contribution >= 4 is 29.0 Å². The van der Waals surface area contributed by atoms with Crippen LogP contribution in [0.3, 0.4) is 0 Å². The van der Waals surface area contributed by atoms with Crippen LogP contribution >= 0.6 is 23.2 Å². The highest BCUT2D eigenvalue weighted by Gasteiger charge is 2.14. The minimum atomic E-state index is 0.390. The standard InChI is InChI=1S/C10H10Cl2N4/c1-2-16-9(8(12)5-15-16)7-3-6(11)4-14-10(7)13/h3-5H,2H2,1H3,(H2,13,14). The zero-order chi connectivity index (χ0) is 11.7. The lowest BCUT2D eigenvalue weighted by Gasteiger charge is -2.08. The molecule has 0 fully saturated rings. The largest absolute Gasteiger partial charge is 0.383 e. The summed E-state index contributed by atoms with van der Waals surface area (Å²) >= 11 is 12.0. The van der Waals surface area contributed by atoms with Crippen LogP contribution < -0.4 is 5.73 Å². The summed E-state index contributed by atoms with van der Waals surface area (Å²) in [4.78, 5) is 4.00. The Labute approximate surface area is 103 Å². The minimum Gasteiger partial charge on any atom is -0.383 e. The van der Waals surface area contributed by atoms with Gasteiger partial charge >= 0.3 is 0 Å². The van der Waals surface area contributed by atoms with Crippen LogP contribution in [0.4, 0.5) is 5.82 Å². The van der Waals surface area contributed by atoms with Crippen LogP contribution in [0.15, 0.2) is 18.5 Å². The van der Waals surface area contributed by atoms with Crippen LogP contribution in [0.5, 0.6) is 0 Å². The number of pyridine rings is 1. The number of nitrogen functional groups attached to an aromatic ring is 1. The van der Waals surface area contributed by atoms with Gasteiger partial charge < -0.3 is 5.73 Å². The minimum absolute atomic E-state index is 0.390. The van der Waals surface area contributed by atoms with Crippen molar-refractivity contribution in [2.45, 2.75) is 13.5 Å². The molecule has 0 amide bonds. The number of hydrogen-bond donors (Lipinski definition) is 1. The molecule has 0 spiro atoms. The summed E-state index contributed by atoms with van der Waals surface area (Å²) in [6.07, 6.45) is 3.09. The van der Waals surface area contributed by atoms with Crippen molar-refractivity contribution in [2.75, 3.05) is 5.73 Å². The Morgan fingerprint density at radius 3 is 2.81 bits per heavy atom. The summed E-state index contributed by atoms with van der Waals surface area (Å²) in [5, 5.41) is 5.20. The summed E-state index contributed by atoms with van der Waals surface area (Å²) in [5.74, 6) is 0.390. The van der Waals surface area contributed by atoms with E-state index in [9.17, 15) is 0 Å². The molecule has 0 saturated carbocycles. The monoisotopic (exact) mass is 256 g/mol. The van der Waals surface area contributed by atoms with Crippen molar-refractivity contribution < 1.29 is 0 Å². The first-order chi connectivity index (χ1) is 7.63. The first-order valence-corrected chi connectivity index (χ1v) is 5.51. The van der Waals surface area contributed by atoms with E-state index in [4.69, 9.17) is 28.9 Å². The number of anilines is 1. The van der Waals surface area contributed by atoms with Crippen LogP contribution in [-0.4, -0.2) is 14.8 Å². The molecule has 0 radical (unpaired) electrons. The van der Waals surface area contributed by atoms with Gasteiger partial charge in [-0.1, -0.05) is 23.2 Å². The van der Waals surface area contributed by atoms with E-state index in [0.717, 1.165) is 5.69 Å².